The summed E-state index contributed by atoms with van der Waals surface area (Å²) in [5.41, 5.74) is 3.41. The number of para-hydroxylation sites is 1. The highest BCUT2D eigenvalue weighted by Gasteiger charge is 2.09. The normalized spacial score (nSPS) is 11.2. The summed E-state index contributed by atoms with van der Waals surface area (Å²) in [6.45, 7) is 2.92. The second kappa shape index (κ2) is 11.1. The molecular weight excluding hydrogens is 340 g/mol. The maximum Gasteiger partial charge on any atom is 0.193 e. The van der Waals surface area contributed by atoms with E-state index in [1.54, 1.807) is 21.3 Å². The van der Waals surface area contributed by atoms with E-state index in [0.29, 0.717) is 19.7 Å². The molecule has 0 saturated carbocycles. The van der Waals surface area contributed by atoms with Gasteiger partial charge >= 0.3 is 0 Å². The van der Waals surface area contributed by atoms with Crippen LogP contribution in [0.5, 0.6) is 5.75 Å². The number of hydrogen-bond acceptors (Lipinski definition) is 4. The third-order valence-electron chi connectivity index (χ3n) is 4.21. The SMILES string of the molecule is CN=C(NCc1ccc(NCCOC)cc1)N(C)Cc1ccccc1OC. The number of rotatable bonds is 9. The molecule has 0 unspecified atom stereocenters. The fourth-order valence-corrected chi connectivity index (χ4v) is 2.77. The molecule has 2 rings (SSSR count). The number of aliphatic imine (C=N–C) groups is 1. The monoisotopic (exact) mass is 370 g/mol. The Morgan fingerprint density at radius 2 is 1.81 bits per heavy atom. The van der Waals surface area contributed by atoms with Gasteiger partial charge in [0.1, 0.15) is 5.75 Å². The largest absolute Gasteiger partial charge is 0.496 e. The van der Waals surface area contributed by atoms with E-state index >= 15 is 0 Å². The highest BCUT2D eigenvalue weighted by molar-refractivity contribution is 5.79. The predicted octanol–water partition coefficient (Wildman–Crippen LogP) is 2.96. The topological polar surface area (TPSA) is 58.1 Å². The number of ether oxygens (including phenoxy) is 2. The summed E-state index contributed by atoms with van der Waals surface area (Å²) >= 11 is 0. The molecule has 2 aromatic carbocycles. The van der Waals surface area contributed by atoms with E-state index in [-0.39, 0.29) is 0 Å². The van der Waals surface area contributed by atoms with Crippen molar-refractivity contribution in [2.24, 2.45) is 4.99 Å². The average molecular weight is 370 g/mol. The van der Waals surface area contributed by atoms with Gasteiger partial charge in [0.15, 0.2) is 5.96 Å². The Morgan fingerprint density at radius 3 is 2.48 bits per heavy atom. The summed E-state index contributed by atoms with van der Waals surface area (Å²) in [6.07, 6.45) is 0. The van der Waals surface area contributed by atoms with Crippen LogP contribution in [-0.2, 0) is 17.8 Å². The van der Waals surface area contributed by atoms with Gasteiger partial charge in [-0.3, -0.25) is 4.99 Å². The van der Waals surface area contributed by atoms with Crippen molar-refractivity contribution in [3.63, 3.8) is 0 Å². The molecule has 0 aliphatic carbocycles. The van der Waals surface area contributed by atoms with E-state index in [0.717, 1.165) is 29.5 Å². The van der Waals surface area contributed by atoms with Crippen molar-refractivity contribution in [1.29, 1.82) is 0 Å². The van der Waals surface area contributed by atoms with E-state index in [2.05, 4.69) is 50.9 Å². The smallest absolute Gasteiger partial charge is 0.193 e. The van der Waals surface area contributed by atoms with E-state index in [9.17, 15) is 0 Å². The second-order valence-corrected chi connectivity index (χ2v) is 6.19. The lowest BCUT2D eigenvalue weighted by atomic mass is 10.2. The Kier molecular flexibility index (Phi) is 8.45. The minimum atomic E-state index is 0.693. The van der Waals surface area contributed by atoms with Crippen LogP contribution in [0.25, 0.3) is 0 Å². The molecule has 146 valence electrons. The van der Waals surface area contributed by atoms with Crippen LogP contribution in [0.15, 0.2) is 53.5 Å². The number of nitrogens with one attached hydrogen (secondary N) is 2. The standard InChI is InChI=1S/C21H30N4O2/c1-22-21(25(2)16-18-7-5-6-8-20(18)27-4)24-15-17-9-11-19(12-10-17)23-13-14-26-3/h5-12,23H,13-16H2,1-4H3,(H,22,24). The molecule has 2 N–H and O–H groups in total. The van der Waals surface area contributed by atoms with Gasteiger partial charge < -0.3 is 25.0 Å². The van der Waals surface area contributed by atoms with Crippen LogP contribution < -0.4 is 15.4 Å². The zero-order valence-electron chi connectivity index (χ0n) is 16.7. The predicted molar refractivity (Wildman–Crippen MR) is 111 cm³/mol. The molecule has 2 aromatic rings. The lowest BCUT2D eigenvalue weighted by Gasteiger charge is -2.23. The molecule has 0 aliphatic heterocycles. The van der Waals surface area contributed by atoms with E-state index in [4.69, 9.17) is 9.47 Å². The minimum absolute atomic E-state index is 0.693. The van der Waals surface area contributed by atoms with Gasteiger partial charge in [-0.2, -0.15) is 0 Å². The number of guanidine groups is 1. The zero-order chi connectivity index (χ0) is 19.5. The molecule has 0 amide bonds. The maximum absolute atomic E-state index is 5.43. The lowest BCUT2D eigenvalue weighted by molar-refractivity contribution is 0.211. The molecule has 6 heteroatoms. The second-order valence-electron chi connectivity index (χ2n) is 6.19. The first-order valence-corrected chi connectivity index (χ1v) is 9.03. The maximum atomic E-state index is 5.43. The van der Waals surface area contributed by atoms with Gasteiger partial charge in [0, 0.05) is 52.1 Å². The van der Waals surface area contributed by atoms with Gasteiger partial charge in [-0.25, -0.2) is 0 Å². The van der Waals surface area contributed by atoms with Crippen LogP contribution in [0.3, 0.4) is 0 Å². The summed E-state index contributed by atoms with van der Waals surface area (Å²) < 4.78 is 10.5. The van der Waals surface area contributed by atoms with Crippen LogP contribution in [-0.4, -0.2) is 52.3 Å². The number of anilines is 1. The molecule has 27 heavy (non-hydrogen) atoms. The van der Waals surface area contributed by atoms with Crippen molar-refractivity contribution in [3.05, 3.63) is 59.7 Å². The van der Waals surface area contributed by atoms with Crippen molar-refractivity contribution in [3.8, 4) is 5.75 Å². The van der Waals surface area contributed by atoms with Crippen LogP contribution in [0.4, 0.5) is 5.69 Å². The fraction of sp³-hybridized carbons (Fsp3) is 0.381. The number of benzene rings is 2. The van der Waals surface area contributed by atoms with E-state index in [1.807, 2.05) is 25.2 Å². The van der Waals surface area contributed by atoms with Crippen LogP contribution in [0, 0.1) is 0 Å². The fourth-order valence-electron chi connectivity index (χ4n) is 2.77. The number of methoxy groups -OCH3 is 2. The first-order valence-electron chi connectivity index (χ1n) is 9.03. The molecule has 0 bridgehead atoms. The summed E-state index contributed by atoms with van der Waals surface area (Å²) in [5, 5.41) is 6.73. The number of nitrogens with zero attached hydrogens (tertiary/aromatic N) is 2. The van der Waals surface area contributed by atoms with Gasteiger partial charge in [0.2, 0.25) is 0 Å². The van der Waals surface area contributed by atoms with Gasteiger partial charge in [-0.05, 0) is 23.8 Å². The molecular formula is C21H30N4O2. The van der Waals surface area contributed by atoms with Gasteiger partial charge in [-0.1, -0.05) is 30.3 Å². The molecule has 6 nitrogen and oxygen atoms in total. The first-order chi connectivity index (χ1) is 13.2. The molecule has 0 spiro atoms. The van der Waals surface area contributed by atoms with Gasteiger partial charge in [-0.15, -0.1) is 0 Å². The van der Waals surface area contributed by atoms with Gasteiger partial charge in [0.05, 0.1) is 13.7 Å². The first kappa shape index (κ1) is 20.6. The highest BCUT2D eigenvalue weighted by Crippen LogP contribution is 2.18. The zero-order valence-corrected chi connectivity index (χ0v) is 16.7. The summed E-state index contributed by atoms with van der Waals surface area (Å²) in [6, 6.07) is 16.4. The van der Waals surface area contributed by atoms with Crippen molar-refractivity contribution >= 4 is 11.6 Å². The molecule has 0 radical (unpaired) electrons. The lowest BCUT2D eigenvalue weighted by Crippen LogP contribution is -2.38. The Morgan fingerprint density at radius 1 is 1.07 bits per heavy atom. The van der Waals surface area contributed by atoms with Crippen molar-refractivity contribution in [2.75, 3.05) is 46.8 Å². The third-order valence-corrected chi connectivity index (χ3v) is 4.21. The van der Waals surface area contributed by atoms with Crippen LogP contribution in [0.2, 0.25) is 0 Å². The summed E-state index contributed by atoms with van der Waals surface area (Å²) in [5.74, 6) is 1.72. The Balaban J connectivity index is 1.89. The molecule has 0 saturated heterocycles. The number of hydrogen-bond donors (Lipinski definition) is 2. The van der Waals surface area contributed by atoms with E-state index in [1.165, 1.54) is 5.56 Å². The van der Waals surface area contributed by atoms with Gasteiger partial charge in [0.25, 0.3) is 0 Å². The highest BCUT2D eigenvalue weighted by atomic mass is 16.5. The minimum Gasteiger partial charge on any atom is -0.496 e. The Bertz CT molecular complexity index is 716. The van der Waals surface area contributed by atoms with Crippen molar-refractivity contribution in [2.45, 2.75) is 13.1 Å². The molecule has 0 fully saturated rings. The quantitative estimate of drug-likeness (QED) is 0.404. The summed E-state index contributed by atoms with van der Waals surface area (Å²) in [4.78, 5) is 6.47. The Hall–Kier alpha value is -2.73. The molecule has 0 heterocycles. The molecule has 0 aliphatic rings. The third kappa shape index (κ3) is 6.49. The molecule has 0 atom stereocenters. The van der Waals surface area contributed by atoms with E-state index < -0.39 is 0 Å². The van der Waals surface area contributed by atoms with Crippen molar-refractivity contribution in [1.82, 2.24) is 10.2 Å². The summed E-state index contributed by atoms with van der Waals surface area (Å²) in [7, 11) is 7.21. The van der Waals surface area contributed by atoms with Crippen molar-refractivity contribution < 1.29 is 9.47 Å². The molecule has 0 aromatic heterocycles. The average Bonchev–Trinajstić information content (AvgIpc) is 2.70. The van der Waals surface area contributed by atoms with Crippen LogP contribution >= 0.6 is 0 Å². The Labute approximate surface area is 162 Å². The van der Waals surface area contributed by atoms with Crippen LogP contribution in [0.1, 0.15) is 11.1 Å².